The highest BCUT2D eigenvalue weighted by Gasteiger charge is 2.34. The minimum atomic E-state index is -4.74. The number of fused-ring (bicyclic) bond motifs is 1. The lowest BCUT2D eigenvalue weighted by molar-refractivity contribution is -0.141. The molecule has 0 fully saturated rings. The van der Waals surface area contributed by atoms with Gasteiger partial charge in [-0.1, -0.05) is 30.3 Å². The van der Waals surface area contributed by atoms with Gasteiger partial charge in [-0.05, 0) is 24.3 Å². The third kappa shape index (κ3) is 2.99. The van der Waals surface area contributed by atoms with Crippen LogP contribution in [0.25, 0.3) is 22.6 Å². The van der Waals surface area contributed by atoms with Gasteiger partial charge in [-0.25, -0.2) is 14.1 Å². The van der Waals surface area contributed by atoms with Crippen molar-refractivity contribution < 1.29 is 17.6 Å². The smallest absolute Gasteiger partial charge is 0.267 e. The lowest BCUT2D eigenvalue weighted by Crippen LogP contribution is -2.23. The van der Waals surface area contributed by atoms with E-state index in [1.165, 1.54) is 35.0 Å². The number of halogens is 4. The molecule has 0 amide bonds. The van der Waals surface area contributed by atoms with Crippen LogP contribution in [0.4, 0.5) is 17.6 Å². The van der Waals surface area contributed by atoms with Crippen LogP contribution in [0.5, 0.6) is 0 Å². The SMILES string of the molecule is O=c1cc(C(F)(F)F)nc2cc(-c3ccccc3)n(-c3ccc(F)cc3)n12. The van der Waals surface area contributed by atoms with Crippen molar-refractivity contribution in [3.05, 3.63) is 88.6 Å². The maximum absolute atomic E-state index is 13.3. The van der Waals surface area contributed by atoms with Crippen molar-refractivity contribution in [3.8, 4) is 16.9 Å². The first-order valence-electron chi connectivity index (χ1n) is 7.89. The van der Waals surface area contributed by atoms with E-state index in [0.717, 1.165) is 4.52 Å². The molecule has 0 N–H and O–H groups in total. The molecule has 8 heteroatoms. The summed E-state index contributed by atoms with van der Waals surface area (Å²) in [6.45, 7) is 0. The third-order valence-corrected chi connectivity index (χ3v) is 4.05. The van der Waals surface area contributed by atoms with Crippen molar-refractivity contribution in [1.29, 1.82) is 0 Å². The predicted octanol–water partition coefficient (Wildman–Crippen LogP) is 4.31. The number of alkyl halides is 3. The highest BCUT2D eigenvalue weighted by molar-refractivity contribution is 5.67. The summed E-state index contributed by atoms with van der Waals surface area (Å²) in [6, 6.07) is 16.0. The lowest BCUT2D eigenvalue weighted by atomic mass is 10.1. The Morgan fingerprint density at radius 1 is 0.889 bits per heavy atom. The average Bonchev–Trinajstić information content (AvgIpc) is 3.02. The van der Waals surface area contributed by atoms with Gasteiger partial charge in [0.25, 0.3) is 5.56 Å². The largest absolute Gasteiger partial charge is 0.433 e. The molecule has 136 valence electrons. The molecule has 2 aromatic carbocycles. The summed E-state index contributed by atoms with van der Waals surface area (Å²) in [5, 5.41) is 0. The van der Waals surface area contributed by atoms with Gasteiger partial charge in [0.2, 0.25) is 0 Å². The zero-order valence-electron chi connectivity index (χ0n) is 13.6. The summed E-state index contributed by atoms with van der Waals surface area (Å²) in [6.07, 6.45) is -4.74. The van der Waals surface area contributed by atoms with Gasteiger partial charge in [0.05, 0.1) is 11.4 Å². The summed E-state index contributed by atoms with van der Waals surface area (Å²) in [4.78, 5) is 16.1. The highest BCUT2D eigenvalue weighted by atomic mass is 19.4. The molecule has 0 saturated heterocycles. The molecule has 4 aromatic rings. The van der Waals surface area contributed by atoms with E-state index in [-0.39, 0.29) is 5.65 Å². The van der Waals surface area contributed by atoms with Crippen LogP contribution in [0.3, 0.4) is 0 Å². The van der Waals surface area contributed by atoms with E-state index in [9.17, 15) is 22.4 Å². The van der Waals surface area contributed by atoms with Gasteiger partial charge in [-0.15, -0.1) is 0 Å². The minimum Gasteiger partial charge on any atom is -0.267 e. The molecule has 0 spiro atoms. The van der Waals surface area contributed by atoms with Gasteiger partial charge in [-0.2, -0.15) is 17.7 Å². The van der Waals surface area contributed by atoms with Crippen LogP contribution >= 0.6 is 0 Å². The number of rotatable bonds is 2. The molecule has 27 heavy (non-hydrogen) atoms. The zero-order chi connectivity index (χ0) is 19.2. The molecule has 0 bridgehead atoms. The Hall–Kier alpha value is -3.42. The summed E-state index contributed by atoms with van der Waals surface area (Å²) < 4.78 is 54.9. The fraction of sp³-hybridized carbons (Fsp3) is 0.0526. The first-order valence-corrected chi connectivity index (χ1v) is 7.89. The fourth-order valence-corrected chi connectivity index (χ4v) is 2.88. The Balaban J connectivity index is 2.09. The van der Waals surface area contributed by atoms with E-state index in [1.54, 1.807) is 30.3 Å². The molecule has 0 aliphatic carbocycles. The fourth-order valence-electron chi connectivity index (χ4n) is 2.88. The second kappa shape index (κ2) is 6.08. The Morgan fingerprint density at radius 3 is 2.19 bits per heavy atom. The molecule has 0 aliphatic rings. The molecule has 2 heterocycles. The van der Waals surface area contributed by atoms with E-state index in [0.29, 0.717) is 23.0 Å². The lowest BCUT2D eigenvalue weighted by Gasteiger charge is -2.12. The van der Waals surface area contributed by atoms with E-state index in [1.807, 2.05) is 0 Å². The zero-order valence-corrected chi connectivity index (χ0v) is 13.6. The standard InChI is InChI=1S/C19H11F4N3O/c20-13-6-8-14(9-7-13)25-15(12-4-2-1-3-5-12)10-17-24-16(19(21,22)23)11-18(27)26(17)25/h1-11H. The number of hydrogen-bond donors (Lipinski definition) is 0. The van der Waals surface area contributed by atoms with Gasteiger partial charge >= 0.3 is 6.18 Å². The molecule has 0 saturated carbocycles. The highest BCUT2D eigenvalue weighted by Crippen LogP contribution is 2.29. The van der Waals surface area contributed by atoms with Crippen molar-refractivity contribution >= 4 is 5.65 Å². The molecule has 2 aromatic heterocycles. The molecule has 0 aliphatic heterocycles. The summed E-state index contributed by atoms with van der Waals surface area (Å²) in [7, 11) is 0. The Labute approximate surface area is 149 Å². The van der Waals surface area contributed by atoms with Gasteiger partial charge in [-0.3, -0.25) is 4.79 Å². The van der Waals surface area contributed by atoms with Crippen molar-refractivity contribution in [2.24, 2.45) is 0 Å². The Kier molecular flexibility index (Phi) is 3.83. The normalized spacial score (nSPS) is 11.9. The van der Waals surface area contributed by atoms with E-state index < -0.39 is 23.2 Å². The van der Waals surface area contributed by atoms with Crippen molar-refractivity contribution in [3.63, 3.8) is 0 Å². The first kappa shape index (κ1) is 17.0. The van der Waals surface area contributed by atoms with Crippen LogP contribution in [0.1, 0.15) is 5.69 Å². The van der Waals surface area contributed by atoms with E-state index >= 15 is 0 Å². The van der Waals surface area contributed by atoms with E-state index in [2.05, 4.69) is 4.98 Å². The minimum absolute atomic E-state index is 0.155. The number of aromatic nitrogens is 3. The Bertz CT molecular complexity index is 1180. The second-order valence-corrected chi connectivity index (χ2v) is 5.83. The Morgan fingerprint density at radius 2 is 1.56 bits per heavy atom. The molecular weight excluding hydrogens is 362 g/mol. The molecule has 4 rings (SSSR count). The average molecular weight is 373 g/mol. The van der Waals surface area contributed by atoms with Crippen LogP contribution < -0.4 is 5.56 Å². The first-order chi connectivity index (χ1) is 12.8. The van der Waals surface area contributed by atoms with Gasteiger partial charge in [0.15, 0.2) is 11.3 Å². The number of benzene rings is 2. The molecular formula is C19H11F4N3O. The van der Waals surface area contributed by atoms with Crippen LogP contribution in [0, 0.1) is 5.82 Å². The number of hydrogen-bond acceptors (Lipinski definition) is 2. The molecule has 0 radical (unpaired) electrons. The monoisotopic (exact) mass is 373 g/mol. The van der Waals surface area contributed by atoms with Crippen LogP contribution in [0.2, 0.25) is 0 Å². The summed E-state index contributed by atoms with van der Waals surface area (Å²) in [5.74, 6) is -0.471. The molecule has 4 nitrogen and oxygen atoms in total. The van der Waals surface area contributed by atoms with Crippen molar-refractivity contribution in [2.75, 3.05) is 0 Å². The van der Waals surface area contributed by atoms with Crippen molar-refractivity contribution in [1.82, 2.24) is 14.2 Å². The van der Waals surface area contributed by atoms with Gasteiger partial charge < -0.3 is 0 Å². The number of nitrogens with zero attached hydrogens (tertiary/aromatic N) is 3. The van der Waals surface area contributed by atoms with Crippen LogP contribution in [-0.4, -0.2) is 14.2 Å². The summed E-state index contributed by atoms with van der Waals surface area (Å²) in [5.41, 5.74) is -0.777. The van der Waals surface area contributed by atoms with Crippen LogP contribution in [0.15, 0.2) is 71.5 Å². The molecule has 0 atom stereocenters. The maximum Gasteiger partial charge on any atom is 0.433 e. The maximum atomic E-state index is 13.3. The topological polar surface area (TPSA) is 39.3 Å². The predicted molar refractivity (Wildman–Crippen MR) is 91.2 cm³/mol. The van der Waals surface area contributed by atoms with Gasteiger partial charge in [0.1, 0.15) is 5.82 Å². The van der Waals surface area contributed by atoms with E-state index in [4.69, 9.17) is 0 Å². The molecule has 0 unspecified atom stereocenters. The second-order valence-electron chi connectivity index (χ2n) is 5.83. The van der Waals surface area contributed by atoms with Crippen LogP contribution in [-0.2, 0) is 6.18 Å². The van der Waals surface area contributed by atoms with Gasteiger partial charge in [0, 0.05) is 17.7 Å². The van der Waals surface area contributed by atoms with Crippen molar-refractivity contribution in [2.45, 2.75) is 6.18 Å². The third-order valence-electron chi connectivity index (χ3n) is 4.05. The summed E-state index contributed by atoms with van der Waals surface area (Å²) >= 11 is 0. The quantitative estimate of drug-likeness (QED) is 0.491.